The molecule has 2 aromatic heterocycles. The Labute approximate surface area is 266 Å². The lowest BCUT2D eigenvalue weighted by molar-refractivity contribution is 0.0791. The van der Waals surface area contributed by atoms with Gasteiger partial charge < -0.3 is 20.1 Å². The fourth-order valence-electron chi connectivity index (χ4n) is 6.02. The van der Waals surface area contributed by atoms with Gasteiger partial charge in [0.05, 0.1) is 5.69 Å². The van der Waals surface area contributed by atoms with E-state index < -0.39 is 24.0 Å². The van der Waals surface area contributed by atoms with E-state index in [1.165, 1.54) is 26.8 Å². The summed E-state index contributed by atoms with van der Waals surface area (Å²) < 4.78 is 50.9. The van der Waals surface area contributed by atoms with E-state index in [4.69, 9.17) is 4.74 Å². The van der Waals surface area contributed by atoms with Crippen LogP contribution in [0.1, 0.15) is 36.8 Å². The molecule has 0 amide bonds. The fraction of sp³-hybridized carbons (Fsp3) is 0.581. The second-order valence-corrected chi connectivity index (χ2v) is 20.7. The molecule has 0 atom stereocenters. The summed E-state index contributed by atoms with van der Waals surface area (Å²) >= 11 is 0. The average molecular weight is 660 g/mol. The van der Waals surface area contributed by atoms with Crippen molar-refractivity contribution in [3.05, 3.63) is 47.5 Å². The number of aryl methyl sites for hydroxylation is 1. The summed E-state index contributed by atoms with van der Waals surface area (Å²) in [4.78, 5) is 10.5. The lowest BCUT2D eigenvalue weighted by atomic mass is 9.98. The van der Waals surface area contributed by atoms with E-state index in [9.17, 15) is 17.9 Å². The summed E-state index contributed by atoms with van der Waals surface area (Å²) in [5, 5.41) is 16.8. The molecule has 0 radical (unpaired) electrons. The monoisotopic (exact) mass is 659 g/mol. The molecule has 0 spiro atoms. The molecule has 14 heteroatoms. The lowest BCUT2D eigenvalue weighted by Crippen LogP contribution is -2.46. The highest BCUT2D eigenvalue weighted by molar-refractivity contribution is 7.89. The number of aromatic nitrogens is 4. The zero-order valence-electron chi connectivity index (χ0n) is 26.8. The molecule has 2 aliphatic rings. The van der Waals surface area contributed by atoms with Crippen molar-refractivity contribution in [2.75, 3.05) is 45.2 Å². The highest BCUT2D eigenvalue weighted by Gasteiger charge is 2.34. The van der Waals surface area contributed by atoms with Gasteiger partial charge in [0.1, 0.15) is 6.73 Å². The Hall–Kier alpha value is -2.75. The van der Waals surface area contributed by atoms with Crippen molar-refractivity contribution < 1.29 is 22.7 Å². The molecule has 1 aromatic carbocycles. The molecule has 1 fully saturated rings. The van der Waals surface area contributed by atoms with Crippen LogP contribution in [0.3, 0.4) is 0 Å². The number of benzene rings is 1. The Bertz CT molecular complexity index is 1570. The van der Waals surface area contributed by atoms with Crippen LogP contribution in [0.2, 0.25) is 25.7 Å². The van der Waals surface area contributed by atoms with Crippen LogP contribution in [0.15, 0.2) is 35.6 Å². The highest BCUT2D eigenvalue weighted by atomic mass is 32.2. The summed E-state index contributed by atoms with van der Waals surface area (Å²) in [5.41, 5.74) is 4.52. The largest absolute Gasteiger partial charge is 0.396 e. The minimum Gasteiger partial charge on any atom is -0.396 e. The van der Waals surface area contributed by atoms with Gasteiger partial charge >= 0.3 is 0 Å². The van der Waals surface area contributed by atoms with Crippen LogP contribution in [0.4, 0.5) is 16.0 Å². The van der Waals surface area contributed by atoms with Crippen molar-refractivity contribution in [3.63, 3.8) is 0 Å². The lowest BCUT2D eigenvalue weighted by Gasteiger charge is -2.35. The summed E-state index contributed by atoms with van der Waals surface area (Å²) in [6.45, 7) is 9.04. The maximum Gasteiger partial charge on any atom is 0.284 e. The maximum absolute atomic E-state index is 14.2. The van der Waals surface area contributed by atoms with Crippen LogP contribution in [-0.4, -0.2) is 96.5 Å². The number of pyridine rings is 1. The zero-order chi connectivity index (χ0) is 32.2. The molecule has 0 bridgehead atoms. The van der Waals surface area contributed by atoms with Crippen LogP contribution in [0, 0.1) is 5.95 Å². The number of aliphatic hydroxyl groups excluding tert-OH is 1. The number of ether oxygens (including phenoxy) is 1. The van der Waals surface area contributed by atoms with Gasteiger partial charge in [-0.05, 0) is 74.4 Å². The highest BCUT2D eigenvalue weighted by Crippen LogP contribution is 2.39. The number of nitrogens with zero attached hydrogens (tertiary/aromatic N) is 6. The van der Waals surface area contributed by atoms with Gasteiger partial charge in [0.2, 0.25) is 11.9 Å². The van der Waals surface area contributed by atoms with E-state index >= 15 is 0 Å². The number of halogens is 1. The van der Waals surface area contributed by atoms with Crippen LogP contribution >= 0.6 is 0 Å². The predicted octanol–water partition coefficient (Wildman–Crippen LogP) is 4.49. The first kappa shape index (κ1) is 33.6. The molecule has 0 saturated carbocycles. The van der Waals surface area contributed by atoms with Crippen molar-refractivity contribution in [3.8, 4) is 11.1 Å². The standard InChI is InChI=1S/C31H46FN7O4SSi/c1-37(15-6-18-40)25-12-16-38(17-13-25)44(41,42)31-35-30(39(36-31)22-43-19-20-45(2,3)4)34-29-26-8-5-7-23(26)9-10-27(29)24-11-14-33-28(32)21-24/h9-11,14,21,25,40H,5-8,12-13,15-20,22H2,1-4H3,(H,34,35,36). The first-order valence-electron chi connectivity index (χ1n) is 15.8. The average Bonchev–Trinajstić information content (AvgIpc) is 3.66. The minimum atomic E-state index is -3.97. The number of piperidine rings is 1. The van der Waals surface area contributed by atoms with Gasteiger partial charge in [-0.2, -0.15) is 13.7 Å². The normalized spacial score (nSPS) is 16.4. The number of hydrogen-bond donors (Lipinski definition) is 2. The van der Waals surface area contributed by atoms with Gasteiger partial charge in [-0.15, -0.1) is 5.10 Å². The van der Waals surface area contributed by atoms with Gasteiger partial charge in [0.15, 0.2) is 0 Å². The third-order valence-electron chi connectivity index (χ3n) is 8.71. The Kier molecular flexibility index (Phi) is 10.7. The maximum atomic E-state index is 14.2. The van der Waals surface area contributed by atoms with Gasteiger partial charge in [-0.25, -0.2) is 18.1 Å². The van der Waals surface area contributed by atoms with Crippen molar-refractivity contribution in [1.82, 2.24) is 29.0 Å². The Morgan fingerprint density at radius 3 is 2.67 bits per heavy atom. The predicted molar refractivity (Wildman–Crippen MR) is 175 cm³/mol. The van der Waals surface area contributed by atoms with Crippen molar-refractivity contribution in [2.45, 2.75) is 82.1 Å². The second kappa shape index (κ2) is 14.3. The van der Waals surface area contributed by atoms with Crippen LogP contribution in [0.5, 0.6) is 0 Å². The Morgan fingerprint density at radius 1 is 1.18 bits per heavy atom. The number of hydrogen-bond acceptors (Lipinski definition) is 9. The first-order valence-corrected chi connectivity index (χ1v) is 21.0. The van der Waals surface area contributed by atoms with Crippen LogP contribution < -0.4 is 5.32 Å². The molecule has 1 aliphatic heterocycles. The Morgan fingerprint density at radius 2 is 1.96 bits per heavy atom. The number of aliphatic hydroxyl groups is 1. The van der Waals surface area contributed by atoms with Gasteiger partial charge in [0, 0.05) is 64.8 Å². The summed E-state index contributed by atoms with van der Waals surface area (Å²) in [7, 11) is -3.29. The molecule has 11 nitrogen and oxygen atoms in total. The van der Waals surface area contributed by atoms with Gasteiger partial charge in [0.25, 0.3) is 15.2 Å². The quantitative estimate of drug-likeness (QED) is 0.146. The smallest absolute Gasteiger partial charge is 0.284 e. The van der Waals surface area contributed by atoms with E-state index in [2.05, 4.69) is 51.0 Å². The number of nitrogens with one attached hydrogen (secondary N) is 1. The van der Waals surface area contributed by atoms with E-state index in [0.29, 0.717) is 44.5 Å². The summed E-state index contributed by atoms with van der Waals surface area (Å²) in [6, 6.07) is 8.41. The van der Waals surface area contributed by atoms with Crippen molar-refractivity contribution in [1.29, 1.82) is 0 Å². The van der Waals surface area contributed by atoms with E-state index in [1.54, 1.807) is 6.07 Å². The molecule has 45 heavy (non-hydrogen) atoms. The molecule has 0 unspecified atom stereocenters. The van der Waals surface area contributed by atoms with Gasteiger partial charge in [-0.3, -0.25) is 0 Å². The third-order valence-corrected chi connectivity index (χ3v) is 12.1. The number of sulfonamides is 1. The molecular formula is C31H46FN7O4SSi. The van der Waals surface area contributed by atoms with Gasteiger partial charge in [-0.1, -0.05) is 31.8 Å². The molecule has 3 heterocycles. The van der Waals surface area contributed by atoms with E-state index in [1.807, 2.05) is 13.1 Å². The molecule has 1 aliphatic carbocycles. The molecule has 1 saturated heterocycles. The summed E-state index contributed by atoms with van der Waals surface area (Å²) in [5.74, 6) is -0.314. The van der Waals surface area contributed by atoms with Crippen molar-refractivity contribution >= 4 is 29.7 Å². The number of rotatable bonds is 14. The summed E-state index contributed by atoms with van der Waals surface area (Å²) in [6.07, 6.45) is 6.28. The SMILES string of the molecule is CN(CCCO)C1CCN(S(=O)(=O)c2nc(Nc3c(-c4ccnc(F)c4)ccc4c3CCC4)n(COCC[Si](C)(C)C)n2)CC1. The van der Waals surface area contributed by atoms with Crippen molar-refractivity contribution in [2.24, 2.45) is 0 Å². The molecule has 5 rings (SSSR count). The topological polar surface area (TPSA) is 126 Å². The molecular weight excluding hydrogens is 614 g/mol. The van der Waals surface area contributed by atoms with Crippen LogP contribution in [-0.2, 0) is 34.3 Å². The van der Waals surface area contributed by atoms with E-state index in [-0.39, 0.29) is 30.5 Å². The number of fused-ring (bicyclic) bond motifs is 1. The Balaban J connectivity index is 1.44. The third kappa shape index (κ3) is 8.16. The second-order valence-electron chi connectivity index (χ2n) is 13.2. The first-order chi connectivity index (χ1) is 21.5. The zero-order valence-corrected chi connectivity index (χ0v) is 28.6. The fourth-order valence-corrected chi connectivity index (χ4v) is 8.10. The molecule has 3 aromatic rings. The molecule has 2 N–H and O–H groups in total. The number of anilines is 2. The molecule has 246 valence electrons. The van der Waals surface area contributed by atoms with Crippen LogP contribution in [0.25, 0.3) is 11.1 Å². The minimum absolute atomic E-state index is 0.0430. The van der Waals surface area contributed by atoms with E-state index in [0.717, 1.165) is 48.7 Å².